The summed E-state index contributed by atoms with van der Waals surface area (Å²) in [4.78, 5) is 3.69. The van der Waals surface area contributed by atoms with Gasteiger partial charge in [-0.1, -0.05) is 6.07 Å². The highest BCUT2D eigenvalue weighted by Crippen LogP contribution is 2.20. The molecule has 0 aliphatic heterocycles. The Morgan fingerprint density at radius 3 is 2.67 bits per heavy atom. The highest BCUT2D eigenvalue weighted by molar-refractivity contribution is 7.89. The zero-order chi connectivity index (χ0) is 15.6. The van der Waals surface area contributed by atoms with E-state index in [4.69, 9.17) is 5.73 Å². The molecule has 2 rings (SSSR count). The molecule has 0 atom stereocenters. The summed E-state index contributed by atoms with van der Waals surface area (Å²) >= 11 is 0. The molecule has 0 saturated carbocycles. The summed E-state index contributed by atoms with van der Waals surface area (Å²) in [5.41, 5.74) is 5.95. The lowest BCUT2D eigenvalue weighted by Gasteiger charge is -2.17. The van der Waals surface area contributed by atoms with Crippen LogP contribution < -0.4 is 5.73 Å². The first-order chi connectivity index (χ1) is 9.86. The number of aromatic nitrogens is 2. The molecule has 1 aromatic heterocycles. The van der Waals surface area contributed by atoms with Gasteiger partial charge >= 0.3 is 0 Å². The van der Waals surface area contributed by atoms with Gasteiger partial charge in [0.05, 0.1) is 6.54 Å². The first-order valence-electron chi connectivity index (χ1n) is 6.27. The second-order valence-electron chi connectivity index (χ2n) is 4.68. The molecule has 0 amide bonds. The van der Waals surface area contributed by atoms with Gasteiger partial charge in [-0.05, 0) is 17.7 Å². The van der Waals surface area contributed by atoms with E-state index < -0.39 is 15.8 Å². The van der Waals surface area contributed by atoms with Crippen LogP contribution in [0.3, 0.4) is 0 Å². The number of nitrogens with two attached hydrogens (primary N) is 1. The second-order valence-corrected chi connectivity index (χ2v) is 6.70. The summed E-state index contributed by atoms with van der Waals surface area (Å²) in [7, 11) is -0.771. The van der Waals surface area contributed by atoms with Crippen molar-refractivity contribution < 1.29 is 12.8 Å². The number of sulfonamides is 1. The van der Waals surface area contributed by atoms with Crippen molar-refractivity contribution in [3.63, 3.8) is 0 Å². The lowest BCUT2D eigenvalue weighted by molar-refractivity contribution is 0.445. The van der Waals surface area contributed by atoms with Gasteiger partial charge in [-0.2, -0.15) is 4.31 Å². The number of rotatable bonds is 5. The molecule has 0 aliphatic carbocycles. The normalized spacial score (nSPS) is 12.0. The van der Waals surface area contributed by atoms with E-state index >= 15 is 0 Å². The molecule has 6 nitrogen and oxygen atoms in total. The summed E-state index contributed by atoms with van der Waals surface area (Å²) < 4.78 is 41.6. The average Bonchev–Trinajstić information content (AvgIpc) is 2.83. The monoisotopic (exact) mass is 312 g/mol. The Bertz CT molecular complexity index is 742. The Kier molecular flexibility index (Phi) is 4.40. The SMILES string of the molecule is CN(Cc1nccn1C)S(=O)(=O)c1ccc(CN)cc1F. The first-order valence-corrected chi connectivity index (χ1v) is 7.71. The Hall–Kier alpha value is -1.77. The number of halogens is 1. The summed E-state index contributed by atoms with van der Waals surface area (Å²) in [5.74, 6) is -0.232. The molecule has 114 valence electrons. The largest absolute Gasteiger partial charge is 0.337 e. The van der Waals surface area contributed by atoms with Crippen molar-refractivity contribution in [2.75, 3.05) is 7.05 Å². The number of benzene rings is 1. The molecule has 0 aliphatic rings. The molecule has 8 heteroatoms. The van der Waals surface area contributed by atoms with Gasteiger partial charge in [-0.3, -0.25) is 0 Å². The summed E-state index contributed by atoms with van der Waals surface area (Å²) in [6.45, 7) is 0.213. The van der Waals surface area contributed by atoms with E-state index in [9.17, 15) is 12.8 Å². The number of hydrogen-bond acceptors (Lipinski definition) is 4. The minimum atomic E-state index is -3.92. The summed E-state index contributed by atoms with van der Waals surface area (Å²) in [6.07, 6.45) is 3.29. The van der Waals surface area contributed by atoms with Crippen molar-refractivity contribution in [2.45, 2.75) is 18.0 Å². The lowest BCUT2D eigenvalue weighted by Crippen LogP contribution is -2.28. The molecule has 0 radical (unpaired) electrons. The fraction of sp³-hybridized carbons (Fsp3) is 0.308. The van der Waals surface area contributed by atoms with Gasteiger partial charge in [0.2, 0.25) is 10.0 Å². The topological polar surface area (TPSA) is 81.2 Å². The molecule has 2 aromatic rings. The molecule has 1 aromatic carbocycles. The van der Waals surface area contributed by atoms with Crippen LogP contribution in [-0.4, -0.2) is 29.3 Å². The molecular weight excluding hydrogens is 295 g/mol. The standard InChI is InChI=1S/C13H17FN4O2S/c1-17-6-5-16-13(17)9-18(2)21(19,20)12-4-3-10(8-15)7-11(12)14/h3-7H,8-9,15H2,1-2H3. The van der Waals surface area contributed by atoms with Gasteiger partial charge < -0.3 is 10.3 Å². The van der Waals surface area contributed by atoms with Crippen LogP contribution in [0.5, 0.6) is 0 Å². The van der Waals surface area contributed by atoms with Crippen molar-refractivity contribution >= 4 is 10.0 Å². The second kappa shape index (κ2) is 5.92. The van der Waals surface area contributed by atoms with Crippen LogP contribution in [0.2, 0.25) is 0 Å². The smallest absolute Gasteiger partial charge is 0.246 e. The van der Waals surface area contributed by atoms with Gasteiger partial charge in [0.1, 0.15) is 16.5 Å². The van der Waals surface area contributed by atoms with E-state index in [-0.39, 0.29) is 18.0 Å². The van der Waals surface area contributed by atoms with Gasteiger partial charge in [0.25, 0.3) is 0 Å². The molecule has 0 unspecified atom stereocenters. The third kappa shape index (κ3) is 3.12. The third-order valence-electron chi connectivity index (χ3n) is 3.21. The van der Waals surface area contributed by atoms with Crippen LogP contribution in [0, 0.1) is 5.82 Å². The Morgan fingerprint density at radius 2 is 2.14 bits per heavy atom. The van der Waals surface area contributed by atoms with E-state index in [0.717, 1.165) is 10.4 Å². The number of aryl methyl sites for hydroxylation is 1. The minimum absolute atomic E-state index is 0.0594. The van der Waals surface area contributed by atoms with E-state index in [2.05, 4.69) is 4.98 Å². The maximum atomic E-state index is 14.0. The van der Waals surface area contributed by atoms with E-state index in [1.165, 1.54) is 19.2 Å². The van der Waals surface area contributed by atoms with E-state index in [0.29, 0.717) is 11.4 Å². The average molecular weight is 312 g/mol. The van der Waals surface area contributed by atoms with Crippen LogP contribution >= 0.6 is 0 Å². The Balaban J connectivity index is 2.31. The quantitative estimate of drug-likeness (QED) is 0.887. The molecule has 0 saturated heterocycles. The third-order valence-corrected chi connectivity index (χ3v) is 5.04. The predicted molar refractivity (Wildman–Crippen MR) is 76.2 cm³/mol. The van der Waals surface area contributed by atoms with Crippen molar-refractivity contribution in [1.82, 2.24) is 13.9 Å². The van der Waals surface area contributed by atoms with Gasteiger partial charge in [-0.25, -0.2) is 17.8 Å². The Labute approximate surface area is 123 Å². The van der Waals surface area contributed by atoms with Crippen molar-refractivity contribution in [1.29, 1.82) is 0 Å². The van der Waals surface area contributed by atoms with Crippen molar-refractivity contribution in [3.05, 3.63) is 47.8 Å². The zero-order valence-electron chi connectivity index (χ0n) is 11.8. The van der Waals surface area contributed by atoms with Gasteiger partial charge in [0, 0.05) is 33.0 Å². The van der Waals surface area contributed by atoms with Crippen LogP contribution in [0.15, 0.2) is 35.5 Å². The van der Waals surface area contributed by atoms with Gasteiger partial charge in [-0.15, -0.1) is 0 Å². The van der Waals surface area contributed by atoms with Gasteiger partial charge in [0.15, 0.2) is 0 Å². The maximum absolute atomic E-state index is 14.0. The van der Waals surface area contributed by atoms with Crippen LogP contribution in [-0.2, 0) is 30.2 Å². The number of imidazole rings is 1. The molecule has 0 bridgehead atoms. The fourth-order valence-corrected chi connectivity index (χ4v) is 3.05. The van der Waals surface area contributed by atoms with Crippen LogP contribution in [0.4, 0.5) is 4.39 Å². The molecular formula is C13H17FN4O2S. The minimum Gasteiger partial charge on any atom is -0.337 e. The zero-order valence-corrected chi connectivity index (χ0v) is 12.6. The molecule has 0 spiro atoms. The van der Waals surface area contributed by atoms with Crippen molar-refractivity contribution in [3.8, 4) is 0 Å². The number of nitrogens with zero attached hydrogens (tertiary/aromatic N) is 3. The highest BCUT2D eigenvalue weighted by atomic mass is 32.2. The number of hydrogen-bond donors (Lipinski definition) is 1. The summed E-state index contributed by atoms with van der Waals surface area (Å²) in [6, 6.07) is 3.88. The van der Waals surface area contributed by atoms with Crippen LogP contribution in [0.25, 0.3) is 0 Å². The molecule has 1 heterocycles. The fourth-order valence-electron chi connectivity index (χ4n) is 1.88. The first kappa shape index (κ1) is 15.6. The molecule has 21 heavy (non-hydrogen) atoms. The van der Waals surface area contributed by atoms with E-state index in [1.807, 2.05) is 0 Å². The predicted octanol–water partition coefficient (Wildman–Crippen LogP) is 0.839. The summed E-state index contributed by atoms with van der Waals surface area (Å²) in [5, 5.41) is 0. The van der Waals surface area contributed by atoms with Crippen molar-refractivity contribution in [2.24, 2.45) is 12.8 Å². The highest BCUT2D eigenvalue weighted by Gasteiger charge is 2.25. The lowest BCUT2D eigenvalue weighted by atomic mass is 10.2. The maximum Gasteiger partial charge on any atom is 0.246 e. The molecule has 0 fully saturated rings. The molecule has 2 N–H and O–H groups in total. The van der Waals surface area contributed by atoms with E-state index in [1.54, 1.807) is 24.0 Å². The van der Waals surface area contributed by atoms with Crippen LogP contribution in [0.1, 0.15) is 11.4 Å². The Morgan fingerprint density at radius 1 is 1.43 bits per heavy atom.